The number of benzene rings is 1. The molecule has 2 aliphatic rings. The molecule has 1 aromatic heterocycles. The van der Waals surface area contributed by atoms with Gasteiger partial charge in [-0.25, -0.2) is 9.59 Å². The summed E-state index contributed by atoms with van der Waals surface area (Å²) in [6.07, 6.45) is 0.501. The zero-order valence-corrected chi connectivity index (χ0v) is 16.0. The number of nitrogens with one attached hydrogen (secondary N) is 1. The number of carbonyl (C=O) groups is 2. The first kappa shape index (κ1) is 18.9. The number of aromatic nitrogens is 2. The Morgan fingerprint density at radius 3 is 2.76 bits per heavy atom. The van der Waals surface area contributed by atoms with Crippen molar-refractivity contribution in [2.75, 3.05) is 27.4 Å². The highest BCUT2D eigenvalue weighted by atomic mass is 16.5. The van der Waals surface area contributed by atoms with Crippen molar-refractivity contribution in [2.45, 2.75) is 19.0 Å². The van der Waals surface area contributed by atoms with Crippen molar-refractivity contribution in [1.82, 2.24) is 20.4 Å². The Balaban J connectivity index is 1.60. The predicted molar refractivity (Wildman–Crippen MR) is 97.7 cm³/mol. The quantitative estimate of drug-likeness (QED) is 0.693. The predicted octanol–water partition coefficient (Wildman–Crippen LogP) is 1.34. The molecule has 1 atom stereocenters. The molecule has 0 bridgehead atoms. The summed E-state index contributed by atoms with van der Waals surface area (Å²) in [7, 11) is 3.16. The summed E-state index contributed by atoms with van der Waals surface area (Å²) in [4.78, 5) is 30.9. The van der Waals surface area contributed by atoms with Crippen LogP contribution in [0.15, 0.2) is 40.1 Å². The number of amides is 2. The summed E-state index contributed by atoms with van der Waals surface area (Å²) >= 11 is 0. The van der Waals surface area contributed by atoms with Crippen molar-refractivity contribution in [1.29, 1.82) is 0 Å². The molecule has 2 aliphatic heterocycles. The molecule has 0 unspecified atom stereocenters. The Kier molecular flexibility index (Phi) is 5.17. The fourth-order valence-electron chi connectivity index (χ4n) is 3.31. The third-order valence-electron chi connectivity index (χ3n) is 4.78. The average molecular weight is 400 g/mol. The van der Waals surface area contributed by atoms with Crippen LogP contribution in [-0.2, 0) is 27.2 Å². The summed E-state index contributed by atoms with van der Waals surface area (Å²) in [5.74, 6) is 0.974. The highest BCUT2D eigenvalue weighted by Crippen LogP contribution is 2.36. The van der Waals surface area contributed by atoms with Gasteiger partial charge in [0.25, 0.3) is 0 Å². The number of rotatable bonds is 7. The summed E-state index contributed by atoms with van der Waals surface area (Å²) in [5.41, 5.74) is 1.65. The molecule has 152 valence electrons. The van der Waals surface area contributed by atoms with Crippen LogP contribution in [-0.4, -0.2) is 54.5 Å². The first-order chi connectivity index (χ1) is 14.1. The third-order valence-corrected chi connectivity index (χ3v) is 4.78. The number of methoxy groups -OCH3 is 2. The van der Waals surface area contributed by atoms with E-state index in [1.807, 2.05) is 0 Å². The Labute approximate surface area is 166 Å². The average Bonchev–Trinajstić information content (AvgIpc) is 3.35. The molecule has 0 saturated carbocycles. The molecule has 29 heavy (non-hydrogen) atoms. The lowest BCUT2D eigenvalue weighted by atomic mass is 9.95. The van der Waals surface area contributed by atoms with E-state index in [9.17, 15) is 9.59 Å². The van der Waals surface area contributed by atoms with E-state index >= 15 is 0 Å². The highest BCUT2D eigenvalue weighted by molar-refractivity contribution is 5.97. The van der Waals surface area contributed by atoms with E-state index in [1.54, 1.807) is 38.5 Å². The maximum absolute atomic E-state index is 12.8. The Hall–Kier alpha value is -3.40. The molecule has 4 rings (SSSR count). The van der Waals surface area contributed by atoms with Gasteiger partial charge < -0.3 is 24.1 Å². The number of hydrogen-bond acceptors (Lipinski definition) is 8. The third kappa shape index (κ3) is 3.66. The van der Waals surface area contributed by atoms with Gasteiger partial charge in [-0.15, -0.1) is 0 Å². The second kappa shape index (κ2) is 7.92. The van der Waals surface area contributed by atoms with Crippen LogP contribution in [0.5, 0.6) is 5.75 Å². The number of carbonyl (C=O) groups excluding carboxylic acids is 2. The molecule has 10 nitrogen and oxygen atoms in total. The monoisotopic (exact) mass is 400 g/mol. The summed E-state index contributed by atoms with van der Waals surface area (Å²) in [5, 5.41) is 6.73. The minimum Gasteiger partial charge on any atom is -0.497 e. The zero-order valence-electron chi connectivity index (χ0n) is 16.0. The first-order valence-corrected chi connectivity index (χ1v) is 9.03. The minimum absolute atomic E-state index is 0.0128. The van der Waals surface area contributed by atoms with Crippen LogP contribution in [0.1, 0.15) is 23.3 Å². The van der Waals surface area contributed by atoms with Gasteiger partial charge in [0.1, 0.15) is 18.9 Å². The lowest BCUT2D eigenvalue weighted by Gasteiger charge is -2.32. The molecule has 2 aromatic rings. The standard InChI is InChI=1S/C19H20N4O6/c1-26-8-7-14-20-15(29-22-14)9-23-13-10-28-18(24)16(13)17(21-19(23)25)11-3-5-12(27-2)6-4-11/h3-6,17H,7-10H2,1-2H3,(H,21,25)/t17-/m1/s1. The molecule has 10 heteroatoms. The van der Waals surface area contributed by atoms with Gasteiger partial charge in [-0.1, -0.05) is 17.3 Å². The van der Waals surface area contributed by atoms with E-state index < -0.39 is 12.0 Å². The van der Waals surface area contributed by atoms with Crippen molar-refractivity contribution in [2.24, 2.45) is 0 Å². The molecule has 0 fully saturated rings. The molecule has 1 aromatic carbocycles. The Bertz CT molecular complexity index is 952. The maximum Gasteiger partial charge on any atom is 0.338 e. The summed E-state index contributed by atoms with van der Waals surface area (Å²) < 4.78 is 20.6. The second-order valence-electron chi connectivity index (χ2n) is 6.53. The molecule has 1 N–H and O–H groups in total. The van der Waals surface area contributed by atoms with Gasteiger partial charge in [0, 0.05) is 13.5 Å². The lowest BCUT2D eigenvalue weighted by molar-refractivity contribution is -0.136. The minimum atomic E-state index is -0.602. The van der Waals surface area contributed by atoms with Gasteiger partial charge in [0.05, 0.1) is 31.0 Å². The SMILES string of the molecule is COCCc1noc(CN2C(=O)N[C@H](c3ccc(OC)cc3)C3=C2COC3=O)n1. The summed E-state index contributed by atoms with van der Waals surface area (Å²) in [6, 6.07) is 6.17. The van der Waals surface area contributed by atoms with E-state index in [2.05, 4.69) is 15.5 Å². The Morgan fingerprint density at radius 1 is 1.24 bits per heavy atom. The smallest absolute Gasteiger partial charge is 0.338 e. The van der Waals surface area contributed by atoms with Gasteiger partial charge in [-0.3, -0.25) is 4.90 Å². The second-order valence-corrected chi connectivity index (χ2v) is 6.53. The lowest BCUT2D eigenvalue weighted by Crippen LogP contribution is -2.46. The van der Waals surface area contributed by atoms with Crippen LogP contribution in [0, 0.1) is 0 Å². The summed E-state index contributed by atoms with van der Waals surface area (Å²) in [6.45, 7) is 0.514. The van der Waals surface area contributed by atoms with E-state index in [4.69, 9.17) is 18.7 Å². The van der Waals surface area contributed by atoms with E-state index in [1.165, 1.54) is 4.90 Å². The van der Waals surface area contributed by atoms with Crippen LogP contribution in [0.4, 0.5) is 4.79 Å². The van der Waals surface area contributed by atoms with Gasteiger partial charge in [-0.05, 0) is 17.7 Å². The Morgan fingerprint density at radius 2 is 2.03 bits per heavy atom. The molecule has 0 radical (unpaired) electrons. The normalized spacial score (nSPS) is 18.6. The van der Waals surface area contributed by atoms with Crippen molar-refractivity contribution >= 4 is 12.0 Å². The number of cyclic esters (lactones) is 1. The topological polar surface area (TPSA) is 116 Å². The van der Waals surface area contributed by atoms with Crippen LogP contribution in [0.2, 0.25) is 0 Å². The van der Waals surface area contributed by atoms with Crippen LogP contribution >= 0.6 is 0 Å². The molecular formula is C19H20N4O6. The molecule has 2 amide bonds. The number of esters is 1. The van der Waals surface area contributed by atoms with E-state index in [-0.39, 0.29) is 25.1 Å². The van der Waals surface area contributed by atoms with Gasteiger partial charge in [0.2, 0.25) is 5.89 Å². The van der Waals surface area contributed by atoms with Gasteiger partial charge in [0.15, 0.2) is 5.82 Å². The van der Waals surface area contributed by atoms with Gasteiger partial charge >= 0.3 is 12.0 Å². The molecular weight excluding hydrogens is 380 g/mol. The van der Waals surface area contributed by atoms with Crippen molar-refractivity contribution in [3.05, 3.63) is 52.8 Å². The van der Waals surface area contributed by atoms with Crippen molar-refractivity contribution < 1.29 is 28.3 Å². The number of hydrogen-bond donors (Lipinski definition) is 1. The molecule has 0 spiro atoms. The fourth-order valence-corrected chi connectivity index (χ4v) is 3.31. The van der Waals surface area contributed by atoms with E-state index in [0.29, 0.717) is 35.9 Å². The number of nitrogens with zero attached hydrogens (tertiary/aromatic N) is 3. The van der Waals surface area contributed by atoms with Crippen LogP contribution in [0.25, 0.3) is 0 Å². The first-order valence-electron chi connectivity index (χ1n) is 9.03. The van der Waals surface area contributed by atoms with Crippen LogP contribution in [0.3, 0.4) is 0 Å². The van der Waals surface area contributed by atoms with Crippen molar-refractivity contribution in [3.8, 4) is 5.75 Å². The molecule has 0 saturated heterocycles. The van der Waals surface area contributed by atoms with Crippen LogP contribution < -0.4 is 10.1 Å². The number of ether oxygens (including phenoxy) is 3. The largest absolute Gasteiger partial charge is 0.497 e. The van der Waals surface area contributed by atoms with Gasteiger partial charge in [-0.2, -0.15) is 4.98 Å². The molecule has 0 aliphatic carbocycles. The molecule has 3 heterocycles. The highest BCUT2D eigenvalue weighted by Gasteiger charge is 2.42. The zero-order chi connectivity index (χ0) is 20.4. The van der Waals surface area contributed by atoms with Crippen molar-refractivity contribution in [3.63, 3.8) is 0 Å². The number of urea groups is 1. The van der Waals surface area contributed by atoms with E-state index in [0.717, 1.165) is 5.56 Å². The fraction of sp³-hybridized carbons (Fsp3) is 0.368. The maximum atomic E-state index is 12.8.